The number of hydroxylamine groups is 2. The van der Waals surface area contributed by atoms with E-state index >= 15 is 0 Å². The normalized spacial score (nSPS) is 27.0. The summed E-state index contributed by atoms with van der Waals surface area (Å²) in [6.07, 6.45) is 2.24. The predicted octanol–water partition coefficient (Wildman–Crippen LogP) is 4.08. The average Bonchev–Trinajstić information content (AvgIpc) is 2.49. The first-order chi connectivity index (χ1) is 9.72. The molecular weight excluding hydrogens is 262 g/mol. The molecule has 2 rings (SSSR count). The second kappa shape index (κ2) is 6.07. The molecular formula is C18H29NO2. The Hall–Kier alpha value is -0.900. The highest BCUT2D eigenvalue weighted by Gasteiger charge is 2.43. The van der Waals surface area contributed by atoms with Crippen LogP contribution in [-0.2, 0) is 4.84 Å². The summed E-state index contributed by atoms with van der Waals surface area (Å²) in [6, 6.07) is 10.3. The summed E-state index contributed by atoms with van der Waals surface area (Å²) in [5, 5.41) is 12.3. The number of rotatable bonds is 3. The van der Waals surface area contributed by atoms with Crippen molar-refractivity contribution in [1.29, 1.82) is 0 Å². The van der Waals surface area contributed by atoms with Crippen LogP contribution in [0, 0.1) is 0 Å². The number of benzene rings is 1. The minimum atomic E-state index is -0.250. The van der Waals surface area contributed by atoms with Crippen LogP contribution in [0.4, 0.5) is 0 Å². The zero-order chi connectivity index (χ0) is 15.7. The van der Waals surface area contributed by atoms with Gasteiger partial charge in [0.2, 0.25) is 0 Å². The molecule has 1 aromatic carbocycles. The van der Waals surface area contributed by atoms with Gasteiger partial charge in [-0.2, -0.15) is 5.06 Å². The Balaban J connectivity index is 2.22. The van der Waals surface area contributed by atoms with Gasteiger partial charge in [0.15, 0.2) is 0 Å². The summed E-state index contributed by atoms with van der Waals surface area (Å²) >= 11 is 0. The van der Waals surface area contributed by atoms with Gasteiger partial charge in [0.05, 0.1) is 6.10 Å². The van der Waals surface area contributed by atoms with Gasteiger partial charge in [-0.3, -0.25) is 4.84 Å². The third-order valence-corrected chi connectivity index (χ3v) is 4.46. The van der Waals surface area contributed by atoms with Gasteiger partial charge in [0, 0.05) is 11.1 Å². The summed E-state index contributed by atoms with van der Waals surface area (Å²) in [4.78, 5) is 6.36. The van der Waals surface area contributed by atoms with Gasteiger partial charge in [0.1, 0.15) is 6.10 Å². The fourth-order valence-corrected chi connectivity index (χ4v) is 3.43. The fourth-order valence-electron chi connectivity index (χ4n) is 3.43. The van der Waals surface area contributed by atoms with Gasteiger partial charge in [-0.05, 0) is 59.4 Å². The number of aliphatic hydroxyl groups is 1. The van der Waals surface area contributed by atoms with Gasteiger partial charge in [-0.15, -0.1) is 0 Å². The number of hydrogen-bond acceptors (Lipinski definition) is 3. The first kappa shape index (κ1) is 16.5. The molecule has 21 heavy (non-hydrogen) atoms. The fraction of sp³-hybridized carbons (Fsp3) is 0.667. The van der Waals surface area contributed by atoms with Crippen molar-refractivity contribution in [3.05, 3.63) is 35.9 Å². The predicted molar refractivity (Wildman–Crippen MR) is 85.8 cm³/mol. The molecule has 0 radical (unpaired) electrons. The molecule has 1 aliphatic rings. The zero-order valence-corrected chi connectivity index (χ0v) is 14.0. The molecule has 118 valence electrons. The topological polar surface area (TPSA) is 32.7 Å². The van der Waals surface area contributed by atoms with Gasteiger partial charge in [-0.25, -0.2) is 0 Å². The first-order valence-corrected chi connectivity index (χ1v) is 7.92. The highest BCUT2D eigenvalue weighted by Crippen LogP contribution is 2.39. The Morgan fingerprint density at radius 3 is 2.38 bits per heavy atom. The van der Waals surface area contributed by atoms with Crippen molar-refractivity contribution in [3.8, 4) is 0 Å². The Morgan fingerprint density at radius 1 is 1.14 bits per heavy atom. The Labute approximate surface area is 128 Å². The van der Waals surface area contributed by atoms with E-state index in [1.807, 2.05) is 18.2 Å². The Morgan fingerprint density at radius 2 is 1.76 bits per heavy atom. The smallest absolute Gasteiger partial charge is 0.102 e. The number of nitrogens with zero attached hydrogens (tertiary/aromatic N) is 1. The maximum atomic E-state index is 10.1. The average molecular weight is 291 g/mol. The third-order valence-electron chi connectivity index (χ3n) is 4.46. The number of hydrogen-bond donors (Lipinski definition) is 1. The summed E-state index contributed by atoms with van der Waals surface area (Å²) in [5.41, 5.74) is 0.890. The van der Waals surface area contributed by atoms with Crippen molar-refractivity contribution >= 4 is 0 Å². The van der Waals surface area contributed by atoms with E-state index in [4.69, 9.17) is 4.84 Å². The highest BCUT2D eigenvalue weighted by atomic mass is 16.7. The molecule has 0 aromatic heterocycles. The lowest BCUT2D eigenvalue weighted by Gasteiger charge is -2.47. The molecule has 2 atom stereocenters. The van der Waals surface area contributed by atoms with E-state index in [1.165, 1.54) is 5.56 Å². The second-order valence-corrected chi connectivity index (χ2v) is 7.47. The monoisotopic (exact) mass is 291 g/mol. The lowest BCUT2D eigenvalue weighted by molar-refractivity contribution is -0.290. The van der Waals surface area contributed by atoms with Gasteiger partial charge >= 0.3 is 0 Å². The molecule has 1 heterocycles. The van der Waals surface area contributed by atoms with Crippen LogP contribution in [0.2, 0.25) is 0 Å². The van der Waals surface area contributed by atoms with Gasteiger partial charge in [0.25, 0.3) is 0 Å². The van der Waals surface area contributed by atoms with E-state index in [2.05, 4.69) is 51.8 Å². The van der Waals surface area contributed by atoms with Crippen molar-refractivity contribution in [2.45, 2.75) is 77.2 Å². The van der Waals surface area contributed by atoms with Gasteiger partial charge < -0.3 is 5.11 Å². The maximum Gasteiger partial charge on any atom is 0.102 e. The van der Waals surface area contributed by atoms with Crippen LogP contribution in [0.5, 0.6) is 0 Å². The summed E-state index contributed by atoms with van der Waals surface area (Å²) in [6.45, 7) is 10.8. The van der Waals surface area contributed by atoms with Crippen LogP contribution in [0.15, 0.2) is 30.3 Å². The van der Waals surface area contributed by atoms with Crippen molar-refractivity contribution in [3.63, 3.8) is 0 Å². The van der Waals surface area contributed by atoms with E-state index in [0.717, 1.165) is 19.3 Å². The van der Waals surface area contributed by atoms with Crippen molar-refractivity contribution in [2.24, 2.45) is 0 Å². The molecule has 1 saturated heterocycles. The minimum absolute atomic E-state index is 0.00000661. The molecule has 3 heteroatoms. The highest BCUT2D eigenvalue weighted by molar-refractivity contribution is 5.16. The lowest BCUT2D eigenvalue weighted by atomic mass is 9.95. The van der Waals surface area contributed by atoms with Crippen molar-refractivity contribution < 1.29 is 9.94 Å². The summed E-state index contributed by atoms with van der Waals surface area (Å²) in [5.74, 6) is 0. The van der Waals surface area contributed by atoms with Crippen LogP contribution in [0.1, 0.15) is 65.5 Å². The van der Waals surface area contributed by atoms with E-state index in [1.54, 1.807) is 0 Å². The van der Waals surface area contributed by atoms with Gasteiger partial charge in [-0.1, -0.05) is 30.3 Å². The SMILES string of the molecule is CC(ON1C(C)(C)CCC(O)CC1(C)C)c1ccccc1. The van der Waals surface area contributed by atoms with Crippen molar-refractivity contribution in [2.75, 3.05) is 0 Å². The van der Waals surface area contributed by atoms with Crippen LogP contribution in [-0.4, -0.2) is 27.4 Å². The van der Waals surface area contributed by atoms with E-state index < -0.39 is 0 Å². The molecule has 0 bridgehead atoms. The second-order valence-electron chi connectivity index (χ2n) is 7.47. The van der Waals surface area contributed by atoms with Crippen LogP contribution >= 0.6 is 0 Å². The molecule has 1 fully saturated rings. The van der Waals surface area contributed by atoms with Crippen LogP contribution in [0.25, 0.3) is 0 Å². The maximum absolute atomic E-state index is 10.1. The summed E-state index contributed by atoms with van der Waals surface area (Å²) < 4.78 is 0. The molecule has 0 saturated carbocycles. The standard InChI is InChI=1S/C18H29NO2/c1-14(15-9-7-6-8-10-15)21-19-17(2,3)12-11-16(20)13-18(19,4)5/h6-10,14,16,20H,11-13H2,1-5H3. The van der Waals surface area contributed by atoms with Crippen molar-refractivity contribution in [1.82, 2.24) is 5.06 Å². The zero-order valence-electron chi connectivity index (χ0n) is 14.0. The van der Waals surface area contributed by atoms with E-state index in [0.29, 0.717) is 0 Å². The Bertz CT molecular complexity index is 456. The van der Waals surface area contributed by atoms with Crippen LogP contribution < -0.4 is 0 Å². The minimum Gasteiger partial charge on any atom is -0.393 e. The lowest BCUT2D eigenvalue weighted by Crippen LogP contribution is -2.54. The molecule has 1 aliphatic heterocycles. The first-order valence-electron chi connectivity index (χ1n) is 7.92. The molecule has 1 N–H and O–H groups in total. The van der Waals surface area contributed by atoms with Crippen LogP contribution in [0.3, 0.4) is 0 Å². The molecule has 0 amide bonds. The number of aliphatic hydroxyl groups excluding tert-OH is 1. The molecule has 0 spiro atoms. The largest absolute Gasteiger partial charge is 0.393 e. The molecule has 0 aliphatic carbocycles. The molecule has 3 nitrogen and oxygen atoms in total. The summed E-state index contributed by atoms with van der Waals surface area (Å²) in [7, 11) is 0. The quantitative estimate of drug-likeness (QED) is 0.910. The van der Waals surface area contributed by atoms with E-state index in [-0.39, 0.29) is 23.3 Å². The van der Waals surface area contributed by atoms with E-state index in [9.17, 15) is 5.11 Å². The molecule has 2 unspecified atom stereocenters. The Kier molecular flexibility index (Phi) is 4.76. The third kappa shape index (κ3) is 3.85. The molecule has 1 aromatic rings.